The van der Waals surface area contributed by atoms with Crippen LogP contribution >= 0.6 is 0 Å². The van der Waals surface area contributed by atoms with Crippen LogP contribution in [0, 0.1) is 0 Å². The summed E-state index contributed by atoms with van der Waals surface area (Å²) in [4.78, 5) is 15.2. The van der Waals surface area contributed by atoms with E-state index in [0.29, 0.717) is 25.9 Å². The SMILES string of the molecule is CNS(=O)(=O)c1ccc(CCC(=O)N(CCc2ccccc2)Cc2ccccc2)cc1. The summed E-state index contributed by atoms with van der Waals surface area (Å²) in [5.41, 5.74) is 3.24. The highest BCUT2D eigenvalue weighted by Crippen LogP contribution is 2.14. The zero-order chi connectivity index (χ0) is 22.1. The van der Waals surface area contributed by atoms with Gasteiger partial charge in [-0.3, -0.25) is 4.79 Å². The van der Waals surface area contributed by atoms with Gasteiger partial charge < -0.3 is 4.90 Å². The fourth-order valence-corrected chi connectivity index (χ4v) is 4.10. The average Bonchev–Trinajstić information content (AvgIpc) is 2.81. The van der Waals surface area contributed by atoms with Crippen LogP contribution in [0.15, 0.2) is 89.8 Å². The van der Waals surface area contributed by atoms with Crippen molar-refractivity contribution in [3.05, 3.63) is 102 Å². The summed E-state index contributed by atoms with van der Waals surface area (Å²) in [5.74, 6) is 0.0895. The van der Waals surface area contributed by atoms with Crippen LogP contribution in [0.3, 0.4) is 0 Å². The molecule has 1 N–H and O–H groups in total. The van der Waals surface area contributed by atoms with Crippen molar-refractivity contribution in [1.29, 1.82) is 0 Å². The van der Waals surface area contributed by atoms with Crippen molar-refractivity contribution >= 4 is 15.9 Å². The molecule has 5 nitrogen and oxygen atoms in total. The standard InChI is InChI=1S/C25H28N2O3S/c1-26-31(29,30)24-15-12-22(13-16-24)14-17-25(28)27(20-23-10-6-3-7-11-23)19-18-21-8-4-2-5-9-21/h2-13,15-16,26H,14,17-20H2,1H3. The maximum absolute atomic E-state index is 13.0. The van der Waals surface area contributed by atoms with Gasteiger partial charge in [0.15, 0.2) is 0 Å². The van der Waals surface area contributed by atoms with Gasteiger partial charge in [-0.2, -0.15) is 0 Å². The van der Waals surface area contributed by atoms with Crippen LogP contribution in [0.1, 0.15) is 23.1 Å². The minimum Gasteiger partial charge on any atom is -0.338 e. The third-order valence-electron chi connectivity index (χ3n) is 5.21. The first-order chi connectivity index (χ1) is 15.0. The highest BCUT2D eigenvalue weighted by molar-refractivity contribution is 7.89. The molecule has 0 atom stereocenters. The van der Waals surface area contributed by atoms with E-state index in [2.05, 4.69) is 16.9 Å². The van der Waals surface area contributed by atoms with Crippen LogP contribution in [-0.4, -0.2) is 32.8 Å². The quantitative estimate of drug-likeness (QED) is 0.526. The van der Waals surface area contributed by atoms with Gasteiger partial charge in [-0.1, -0.05) is 72.8 Å². The van der Waals surface area contributed by atoms with E-state index in [-0.39, 0.29) is 10.8 Å². The van der Waals surface area contributed by atoms with Crippen molar-refractivity contribution in [2.45, 2.75) is 30.7 Å². The summed E-state index contributed by atoms with van der Waals surface area (Å²) in [7, 11) is -2.07. The van der Waals surface area contributed by atoms with E-state index in [0.717, 1.165) is 17.5 Å². The zero-order valence-electron chi connectivity index (χ0n) is 17.7. The van der Waals surface area contributed by atoms with Crippen molar-refractivity contribution < 1.29 is 13.2 Å². The highest BCUT2D eigenvalue weighted by atomic mass is 32.2. The molecule has 0 aliphatic rings. The van der Waals surface area contributed by atoms with E-state index in [1.165, 1.54) is 12.6 Å². The Bertz CT molecular complexity index is 1070. The lowest BCUT2D eigenvalue weighted by Gasteiger charge is -2.23. The molecule has 0 heterocycles. The minimum atomic E-state index is -3.45. The van der Waals surface area contributed by atoms with Crippen molar-refractivity contribution in [2.75, 3.05) is 13.6 Å². The van der Waals surface area contributed by atoms with Gasteiger partial charge in [0.05, 0.1) is 4.90 Å². The maximum Gasteiger partial charge on any atom is 0.240 e. The molecule has 162 valence electrons. The Kier molecular flexibility index (Phi) is 7.98. The van der Waals surface area contributed by atoms with Crippen LogP contribution in [0.4, 0.5) is 0 Å². The predicted octanol–water partition coefficient (Wildman–Crippen LogP) is 3.80. The van der Waals surface area contributed by atoms with Gasteiger partial charge in [-0.05, 0) is 48.7 Å². The molecule has 3 aromatic carbocycles. The van der Waals surface area contributed by atoms with E-state index in [1.807, 2.05) is 53.4 Å². The van der Waals surface area contributed by atoms with Crippen LogP contribution in [0.2, 0.25) is 0 Å². The highest BCUT2D eigenvalue weighted by Gasteiger charge is 2.15. The summed E-state index contributed by atoms with van der Waals surface area (Å²) < 4.78 is 26.0. The molecule has 6 heteroatoms. The summed E-state index contributed by atoms with van der Waals surface area (Å²) in [5, 5.41) is 0. The number of benzene rings is 3. The topological polar surface area (TPSA) is 66.5 Å². The number of nitrogens with zero attached hydrogens (tertiary/aromatic N) is 1. The number of carbonyl (C=O) groups is 1. The van der Waals surface area contributed by atoms with E-state index >= 15 is 0 Å². The fraction of sp³-hybridized carbons (Fsp3) is 0.240. The number of hydrogen-bond acceptors (Lipinski definition) is 3. The molecule has 31 heavy (non-hydrogen) atoms. The number of sulfonamides is 1. The van der Waals surface area contributed by atoms with Crippen LogP contribution in [0.25, 0.3) is 0 Å². The number of nitrogens with one attached hydrogen (secondary N) is 1. The molecule has 0 aliphatic carbocycles. The summed E-state index contributed by atoms with van der Waals surface area (Å²) in [6.45, 7) is 1.23. The molecule has 0 radical (unpaired) electrons. The van der Waals surface area contributed by atoms with Crippen LogP contribution in [0.5, 0.6) is 0 Å². The second-order valence-corrected chi connectivity index (χ2v) is 9.27. The van der Waals surface area contributed by atoms with Crippen molar-refractivity contribution in [3.63, 3.8) is 0 Å². The van der Waals surface area contributed by atoms with Gasteiger partial charge in [0.2, 0.25) is 15.9 Å². The summed E-state index contributed by atoms with van der Waals surface area (Å²) >= 11 is 0. The van der Waals surface area contributed by atoms with E-state index in [1.54, 1.807) is 24.3 Å². The Morgan fingerprint density at radius 3 is 1.90 bits per heavy atom. The van der Waals surface area contributed by atoms with Gasteiger partial charge in [0, 0.05) is 19.5 Å². The molecule has 3 rings (SSSR count). The van der Waals surface area contributed by atoms with E-state index in [4.69, 9.17) is 0 Å². The Labute approximate surface area is 184 Å². The second-order valence-electron chi connectivity index (χ2n) is 7.39. The number of carbonyl (C=O) groups excluding carboxylic acids is 1. The van der Waals surface area contributed by atoms with Crippen LogP contribution in [-0.2, 0) is 34.2 Å². The number of rotatable bonds is 10. The largest absolute Gasteiger partial charge is 0.338 e. The molecular formula is C25H28N2O3S. The molecule has 0 bridgehead atoms. The molecule has 0 aliphatic heterocycles. The van der Waals surface area contributed by atoms with E-state index in [9.17, 15) is 13.2 Å². The normalized spacial score (nSPS) is 11.3. The lowest BCUT2D eigenvalue weighted by molar-refractivity contribution is -0.131. The third kappa shape index (κ3) is 6.77. The average molecular weight is 437 g/mol. The van der Waals surface area contributed by atoms with Crippen molar-refractivity contribution in [2.24, 2.45) is 0 Å². The first kappa shape index (κ1) is 22.7. The Morgan fingerprint density at radius 1 is 0.774 bits per heavy atom. The predicted molar refractivity (Wildman–Crippen MR) is 123 cm³/mol. The van der Waals surface area contributed by atoms with Gasteiger partial charge in [0.1, 0.15) is 0 Å². The molecule has 3 aromatic rings. The van der Waals surface area contributed by atoms with Crippen molar-refractivity contribution in [3.8, 4) is 0 Å². The van der Waals surface area contributed by atoms with Crippen LogP contribution < -0.4 is 4.72 Å². The lowest BCUT2D eigenvalue weighted by atomic mass is 10.1. The third-order valence-corrected chi connectivity index (χ3v) is 6.64. The lowest BCUT2D eigenvalue weighted by Crippen LogP contribution is -2.32. The number of aryl methyl sites for hydroxylation is 1. The first-order valence-electron chi connectivity index (χ1n) is 10.4. The Hall–Kier alpha value is -2.96. The van der Waals surface area contributed by atoms with Gasteiger partial charge in [-0.15, -0.1) is 0 Å². The second kappa shape index (κ2) is 10.9. The zero-order valence-corrected chi connectivity index (χ0v) is 18.5. The summed E-state index contributed by atoms with van der Waals surface area (Å²) in [6.07, 6.45) is 1.74. The molecular weight excluding hydrogens is 408 g/mol. The molecule has 0 spiro atoms. The Morgan fingerprint density at radius 2 is 1.32 bits per heavy atom. The number of amides is 1. The van der Waals surface area contributed by atoms with Gasteiger partial charge in [0.25, 0.3) is 0 Å². The van der Waals surface area contributed by atoms with Gasteiger partial charge >= 0.3 is 0 Å². The van der Waals surface area contributed by atoms with E-state index < -0.39 is 10.0 Å². The minimum absolute atomic E-state index is 0.0895. The molecule has 0 unspecified atom stereocenters. The van der Waals surface area contributed by atoms with Crippen molar-refractivity contribution in [1.82, 2.24) is 9.62 Å². The molecule has 0 saturated carbocycles. The Balaban J connectivity index is 1.64. The molecule has 0 saturated heterocycles. The maximum atomic E-state index is 13.0. The molecule has 0 aromatic heterocycles. The van der Waals surface area contributed by atoms with Gasteiger partial charge in [-0.25, -0.2) is 13.1 Å². The smallest absolute Gasteiger partial charge is 0.240 e. The number of hydrogen-bond donors (Lipinski definition) is 1. The molecule has 0 fully saturated rings. The first-order valence-corrected chi connectivity index (χ1v) is 11.8. The summed E-state index contributed by atoms with van der Waals surface area (Å²) in [6, 6.07) is 26.8. The monoisotopic (exact) mass is 436 g/mol. The molecule has 1 amide bonds. The fourth-order valence-electron chi connectivity index (χ4n) is 3.37.